The Morgan fingerprint density at radius 2 is 1.92 bits per heavy atom. The van der Waals surface area contributed by atoms with E-state index in [1.807, 2.05) is 55.3 Å². The molecule has 5 aromatic rings. The second kappa shape index (κ2) is 8.30. The SMILES string of the molecule is C=CC(=O)N(C(C)C)[C@@H]1Cn2c(c(-c3cnc4ccccc4c3)c3c(N)ncnc32)-c2ccccc21. The average Bonchev–Trinajstić information content (AvgIpc) is 3.24. The Hall–Kier alpha value is -4.52. The lowest BCUT2D eigenvalue weighted by Crippen LogP contribution is -2.42. The number of rotatable bonds is 4. The first-order valence-corrected chi connectivity index (χ1v) is 12.0. The third-order valence-corrected chi connectivity index (χ3v) is 7.00. The fourth-order valence-corrected chi connectivity index (χ4v) is 5.53. The van der Waals surface area contributed by atoms with Crippen LogP contribution >= 0.6 is 0 Å². The van der Waals surface area contributed by atoms with Crippen molar-refractivity contribution in [1.29, 1.82) is 0 Å². The molecule has 0 saturated carbocycles. The van der Waals surface area contributed by atoms with Crippen molar-refractivity contribution in [3.8, 4) is 22.4 Å². The first kappa shape index (κ1) is 22.0. The highest BCUT2D eigenvalue weighted by atomic mass is 16.2. The summed E-state index contributed by atoms with van der Waals surface area (Å²) in [5.41, 5.74) is 13.2. The van der Waals surface area contributed by atoms with E-state index < -0.39 is 0 Å². The predicted octanol–water partition coefficient (Wildman–Crippen LogP) is 5.37. The van der Waals surface area contributed by atoms with Crippen LogP contribution in [0, 0.1) is 0 Å². The van der Waals surface area contributed by atoms with Crippen molar-refractivity contribution in [2.75, 3.05) is 5.73 Å². The molecule has 1 aliphatic heterocycles. The number of hydrogen-bond donors (Lipinski definition) is 1. The molecule has 0 radical (unpaired) electrons. The molecule has 7 nitrogen and oxygen atoms in total. The van der Waals surface area contributed by atoms with E-state index in [0.29, 0.717) is 12.4 Å². The van der Waals surface area contributed by atoms with Gasteiger partial charge in [0.2, 0.25) is 5.91 Å². The number of nitrogen functional groups attached to an aromatic ring is 1. The molecular weight excluding hydrogens is 448 g/mol. The highest BCUT2D eigenvalue weighted by Crippen LogP contribution is 2.48. The summed E-state index contributed by atoms with van der Waals surface area (Å²) in [6.07, 6.45) is 4.77. The van der Waals surface area contributed by atoms with E-state index in [4.69, 9.17) is 10.7 Å². The van der Waals surface area contributed by atoms with Crippen molar-refractivity contribution >= 4 is 33.7 Å². The summed E-state index contributed by atoms with van der Waals surface area (Å²) < 4.78 is 2.18. The average molecular weight is 475 g/mol. The molecule has 2 aromatic carbocycles. The summed E-state index contributed by atoms with van der Waals surface area (Å²) in [5.74, 6) is 0.319. The van der Waals surface area contributed by atoms with E-state index in [9.17, 15) is 4.79 Å². The molecule has 0 fully saturated rings. The molecule has 3 aromatic heterocycles. The van der Waals surface area contributed by atoms with Crippen molar-refractivity contribution in [1.82, 2.24) is 24.4 Å². The zero-order valence-corrected chi connectivity index (χ0v) is 20.2. The van der Waals surface area contributed by atoms with Crippen LogP contribution in [0.25, 0.3) is 44.3 Å². The number of fused-ring (bicyclic) bond motifs is 6. The largest absolute Gasteiger partial charge is 0.383 e. The summed E-state index contributed by atoms with van der Waals surface area (Å²) in [6.45, 7) is 8.34. The van der Waals surface area contributed by atoms with Crippen LogP contribution in [0.15, 0.2) is 79.8 Å². The minimum absolute atomic E-state index is 0.0132. The van der Waals surface area contributed by atoms with Crippen LogP contribution in [0.4, 0.5) is 5.82 Å². The highest BCUT2D eigenvalue weighted by molar-refractivity contribution is 6.09. The highest BCUT2D eigenvalue weighted by Gasteiger charge is 2.36. The van der Waals surface area contributed by atoms with E-state index in [-0.39, 0.29) is 18.0 Å². The van der Waals surface area contributed by atoms with E-state index in [1.165, 1.54) is 12.4 Å². The topological polar surface area (TPSA) is 89.9 Å². The summed E-state index contributed by atoms with van der Waals surface area (Å²) in [7, 11) is 0. The van der Waals surface area contributed by atoms with Gasteiger partial charge in [-0.15, -0.1) is 0 Å². The minimum Gasteiger partial charge on any atom is -0.383 e. The maximum Gasteiger partial charge on any atom is 0.246 e. The van der Waals surface area contributed by atoms with E-state index >= 15 is 0 Å². The lowest BCUT2D eigenvalue weighted by Gasteiger charge is -2.39. The van der Waals surface area contributed by atoms with Gasteiger partial charge in [-0.25, -0.2) is 9.97 Å². The quantitative estimate of drug-likeness (QED) is 0.354. The zero-order valence-electron chi connectivity index (χ0n) is 20.2. The molecule has 7 heteroatoms. The van der Waals surface area contributed by atoms with Gasteiger partial charge < -0.3 is 15.2 Å². The Labute approximate surface area is 208 Å². The number of anilines is 1. The summed E-state index contributed by atoms with van der Waals surface area (Å²) in [5, 5.41) is 1.84. The van der Waals surface area contributed by atoms with Gasteiger partial charge in [0.05, 0.1) is 22.6 Å². The second-order valence-electron chi connectivity index (χ2n) is 9.35. The van der Waals surface area contributed by atoms with Gasteiger partial charge in [-0.05, 0) is 37.6 Å². The Balaban J connectivity index is 1.68. The second-order valence-corrected chi connectivity index (χ2v) is 9.35. The van der Waals surface area contributed by atoms with Gasteiger partial charge in [0.25, 0.3) is 0 Å². The normalized spacial score (nSPS) is 14.6. The molecule has 1 aliphatic rings. The van der Waals surface area contributed by atoms with Crippen LogP contribution in [0.2, 0.25) is 0 Å². The van der Waals surface area contributed by atoms with Gasteiger partial charge in [0.15, 0.2) is 0 Å². The Morgan fingerprint density at radius 3 is 2.72 bits per heavy atom. The molecule has 0 spiro atoms. The lowest BCUT2D eigenvalue weighted by atomic mass is 9.89. The maximum absolute atomic E-state index is 13.0. The van der Waals surface area contributed by atoms with Crippen LogP contribution in [-0.2, 0) is 11.3 Å². The molecule has 0 aliphatic carbocycles. The number of nitrogens with two attached hydrogens (primary N) is 1. The standard InChI is InChI=1S/C29H26N6O/c1-4-24(36)35(17(2)3)23-15-34-27(21-11-7-6-10-20(21)23)25(26-28(30)32-16-33-29(26)34)19-13-18-9-5-8-12-22(18)31-14-19/h4-14,16-17,23H,1,15H2,2-3H3,(H2,30,32,33)/t23-/m1/s1. The third kappa shape index (κ3) is 3.20. The number of carbonyl (C=O) groups excluding carboxylic acids is 1. The van der Waals surface area contributed by atoms with Crippen molar-refractivity contribution < 1.29 is 4.79 Å². The molecule has 2 N–H and O–H groups in total. The van der Waals surface area contributed by atoms with Crippen LogP contribution in [0.3, 0.4) is 0 Å². The molecule has 1 atom stereocenters. The first-order chi connectivity index (χ1) is 17.5. The summed E-state index contributed by atoms with van der Waals surface area (Å²) in [4.78, 5) is 28.6. The van der Waals surface area contributed by atoms with Crippen LogP contribution in [-0.4, -0.2) is 36.4 Å². The van der Waals surface area contributed by atoms with Crippen molar-refractivity contribution in [2.24, 2.45) is 0 Å². The van der Waals surface area contributed by atoms with Crippen LogP contribution < -0.4 is 5.73 Å². The Morgan fingerprint density at radius 1 is 1.14 bits per heavy atom. The summed E-state index contributed by atoms with van der Waals surface area (Å²) >= 11 is 0. The maximum atomic E-state index is 13.0. The number of nitrogens with zero attached hydrogens (tertiary/aromatic N) is 5. The van der Waals surface area contributed by atoms with Gasteiger partial charge in [-0.2, -0.15) is 0 Å². The van der Waals surface area contributed by atoms with Gasteiger partial charge in [-0.1, -0.05) is 49.0 Å². The number of amides is 1. The third-order valence-electron chi connectivity index (χ3n) is 7.00. The van der Waals surface area contributed by atoms with Gasteiger partial charge in [0.1, 0.15) is 17.8 Å². The number of aromatic nitrogens is 4. The van der Waals surface area contributed by atoms with E-state index in [1.54, 1.807) is 0 Å². The number of hydrogen-bond acceptors (Lipinski definition) is 5. The minimum atomic E-state index is -0.187. The van der Waals surface area contributed by atoms with Gasteiger partial charge >= 0.3 is 0 Å². The molecule has 4 heterocycles. The van der Waals surface area contributed by atoms with Crippen molar-refractivity contribution in [3.05, 3.63) is 85.3 Å². The molecular formula is C29H26N6O. The number of carbonyl (C=O) groups is 1. The van der Waals surface area contributed by atoms with Crippen LogP contribution in [0.1, 0.15) is 25.5 Å². The molecule has 6 rings (SSSR count). The number of para-hydroxylation sites is 1. The fraction of sp³-hybridized carbons (Fsp3) is 0.172. The number of benzene rings is 2. The van der Waals surface area contributed by atoms with Crippen LogP contribution in [0.5, 0.6) is 0 Å². The van der Waals surface area contributed by atoms with E-state index in [0.717, 1.165) is 49.9 Å². The molecule has 1 amide bonds. The monoisotopic (exact) mass is 474 g/mol. The molecule has 36 heavy (non-hydrogen) atoms. The van der Waals surface area contributed by atoms with Gasteiger partial charge in [-0.3, -0.25) is 9.78 Å². The molecule has 0 unspecified atom stereocenters. The first-order valence-electron chi connectivity index (χ1n) is 12.0. The molecule has 0 saturated heterocycles. The molecule has 0 bridgehead atoms. The lowest BCUT2D eigenvalue weighted by molar-refractivity contribution is -0.130. The van der Waals surface area contributed by atoms with Gasteiger partial charge in [0, 0.05) is 40.9 Å². The fourth-order valence-electron chi connectivity index (χ4n) is 5.53. The smallest absolute Gasteiger partial charge is 0.246 e. The summed E-state index contributed by atoms with van der Waals surface area (Å²) in [6, 6.07) is 18.2. The van der Waals surface area contributed by atoms with Crippen molar-refractivity contribution in [2.45, 2.75) is 32.5 Å². The Kier molecular flexibility index (Phi) is 5.07. The molecule has 178 valence electrons. The Bertz CT molecular complexity index is 1670. The predicted molar refractivity (Wildman–Crippen MR) is 143 cm³/mol. The van der Waals surface area contributed by atoms with Crippen molar-refractivity contribution in [3.63, 3.8) is 0 Å². The van der Waals surface area contributed by atoms with E-state index in [2.05, 4.69) is 45.4 Å². The number of pyridine rings is 1. The zero-order chi connectivity index (χ0) is 25.0.